The minimum atomic E-state index is -4.42. The van der Waals surface area contributed by atoms with Crippen molar-refractivity contribution < 1.29 is 18.0 Å². The number of hydrogen-bond acceptors (Lipinski definition) is 2. The van der Waals surface area contributed by atoms with Crippen LogP contribution in [-0.2, 0) is 19.1 Å². The van der Waals surface area contributed by atoms with Crippen molar-refractivity contribution in [1.29, 1.82) is 0 Å². The summed E-state index contributed by atoms with van der Waals surface area (Å²) in [7, 11) is 0. The van der Waals surface area contributed by atoms with E-state index in [2.05, 4.69) is 5.10 Å². The quantitative estimate of drug-likeness (QED) is 0.584. The molecular formula is C19H14ClF3N2O. The lowest BCUT2D eigenvalue weighted by atomic mass is 10.1. The second-order valence-electron chi connectivity index (χ2n) is 5.74. The smallest absolute Gasteiger partial charge is 0.294 e. The summed E-state index contributed by atoms with van der Waals surface area (Å²) in [6, 6.07) is 13.7. The van der Waals surface area contributed by atoms with E-state index in [1.165, 1.54) is 16.8 Å². The highest BCUT2D eigenvalue weighted by Crippen LogP contribution is 2.32. The fraction of sp³-hybridized carbons (Fsp3) is 0.158. The Morgan fingerprint density at radius 1 is 1.04 bits per heavy atom. The number of Topliss-reactive ketones (excluding diaryl/α,β-unsaturated/α-hetero) is 1. The molecule has 134 valence electrons. The largest absolute Gasteiger partial charge is 0.416 e. The Labute approximate surface area is 153 Å². The van der Waals surface area contributed by atoms with Crippen LogP contribution < -0.4 is 0 Å². The summed E-state index contributed by atoms with van der Waals surface area (Å²) >= 11 is 6.01. The number of hydrogen-bond donors (Lipinski definition) is 0. The third-order valence-corrected chi connectivity index (χ3v) is 4.20. The fourth-order valence-corrected chi connectivity index (χ4v) is 2.88. The number of alkyl halides is 3. The van der Waals surface area contributed by atoms with Crippen molar-refractivity contribution in [2.75, 3.05) is 0 Å². The van der Waals surface area contributed by atoms with Crippen molar-refractivity contribution in [2.24, 2.45) is 0 Å². The van der Waals surface area contributed by atoms with E-state index in [1.807, 2.05) is 0 Å². The van der Waals surface area contributed by atoms with Gasteiger partial charge in [0.1, 0.15) is 0 Å². The molecule has 0 atom stereocenters. The molecule has 3 nitrogen and oxygen atoms in total. The highest BCUT2D eigenvalue weighted by molar-refractivity contribution is 6.34. The van der Waals surface area contributed by atoms with Gasteiger partial charge in [0, 0.05) is 11.8 Å². The number of aromatic nitrogens is 2. The molecule has 3 rings (SSSR count). The molecular weight excluding hydrogens is 365 g/mol. The Kier molecular flexibility index (Phi) is 5.13. The zero-order valence-electron chi connectivity index (χ0n) is 13.5. The molecule has 1 aromatic heterocycles. The molecule has 0 unspecified atom stereocenters. The molecule has 0 fully saturated rings. The van der Waals surface area contributed by atoms with Gasteiger partial charge in [-0.15, -0.1) is 0 Å². The van der Waals surface area contributed by atoms with Crippen molar-refractivity contribution in [3.63, 3.8) is 0 Å². The van der Waals surface area contributed by atoms with Gasteiger partial charge >= 0.3 is 6.18 Å². The molecule has 0 spiro atoms. The first-order valence-electron chi connectivity index (χ1n) is 7.80. The van der Waals surface area contributed by atoms with Crippen LogP contribution in [0.2, 0.25) is 5.02 Å². The molecule has 0 aliphatic heterocycles. The summed E-state index contributed by atoms with van der Waals surface area (Å²) < 4.78 is 40.6. The van der Waals surface area contributed by atoms with Gasteiger partial charge in [-0.2, -0.15) is 18.3 Å². The molecule has 0 amide bonds. The van der Waals surface area contributed by atoms with E-state index in [0.29, 0.717) is 16.3 Å². The van der Waals surface area contributed by atoms with Gasteiger partial charge in [-0.1, -0.05) is 41.9 Å². The maximum atomic E-state index is 13.1. The van der Waals surface area contributed by atoms with Gasteiger partial charge in [0.25, 0.3) is 0 Å². The minimum absolute atomic E-state index is 0.0254. The minimum Gasteiger partial charge on any atom is -0.294 e. The number of carbonyl (C=O) groups is 1. The first kappa shape index (κ1) is 18.2. The lowest BCUT2D eigenvalue weighted by molar-refractivity contribution is -0.138. The zero-order valence-corrected chi connectivity index (χ0v) is 14.3. The third kappa shape index (κ3) is 4.14. The lowest BCUT2D eigenvalue weighted by Crippen LogP contribution is -2.12. The van der Waals surface area contributed by atoms with Crippen LogP contribution >= 0.6 is 11.6 Å². The van der Waals surface area contributed by atoms with E-state index in [4.69, 9.17) is 11.6 Å². The molecule has 0 saturated heterocycles. The van der Waals surface area contributed by atoms with Crippen LogP contribution in [0.15, 0.2) is 60.8 Å². The van der Waals surface area contributed by atoms with E-state index in [1.54, 1.807) is 42.6 Å². The number of benzene rings is 2. The zero-order chi connectivity index (χ0) is 18.7. The van der Waals surface area contributed by atoms with Crippen molar-refractivity contribution in [3.8, 4) is 0 Å². The van der Waals surface area contributed by atoms with Gasteiger partial charge in [0.15, 0.2) is 5.78 Å². The average Bonchev–Trinajstić information content (AvgIpc) is 3.01. The van der Waals surface area contributed by atoms with Gasteiger partial charge in [0.05, 0.1) is 29.2 Å². The second kappa shape index (κ2) is 7.33. The van der Waals surface area contributed by atoms with Crippen molar-refractivity contribution in [2.45, 2.75) is 19.1 Å². The summed E-state index contributed by atoms with van der Waals surface area (Å²) in [6.45, 7) is -0.0318. The number of carbonyl (C=O) groups excluding carboxylic acids is 1. The Bertz CT molecular complexity index is 934. The summed E-state index contributed by atoms with van der Waals surface area (Å²) in [6.07, 6.45) is -2.84. The molecule has 0 bridgehead atoms. The van der Waals surface area contributed by atoms with Crippen LogP contribution in [0.3, 0.4) is 0 Å². The Hall–Kier alpha value is -2.60. The fourth-order valence-electron chi connectivity index (χ4n) is 2.64. The molecule has 26 heavy (non-hydrogen) atoms. The molecule has 1 heterocycles. The number of ketones is 1. The Morgan fingerprint density at radius 2 is 1.73 bits per heavy atom. The molecule has 7 heteroatoms. The molecule has 0 saturated carbocycles. The normalized spacial score (nSPS) is 11.5. The van der Waals surface area contributed by atoms with Crippen LogP contribution in [-0.4, -0.2) is 15.6 Å². The monoisotopic (exact) mass is 378 g/mol. The first-order valence-corrected chi connectivity index (χ1v) is 8.17. The molecule has 0 aliphatic rings. The summed E-state index contributed by atoms with van der Waals surface area (Å²) in [5, 5.41) is 4.57. The maximum Gasteiger partial charge on any atom is 0.416 e. The van der Waals surface area contributed by atoms with E-state index in [9.17, 15) is 18.0 Å². The molecule has 0 N–H and O–H groups in total. The van der Waals surface area contributed by atoms with Crippen LogP contribution in [0.5, 0.6) is 0 Å². The van der Waals surface area contributed by atoms with Crippen LogP contribution in [0.4, 0.5) is 13.2 Å². The van der Waals surface area contributed by atoms with Gasteiger partial charge in [0.2, 0.25) is 0 Å². The van der Waals surface area contributed by atoms with Crippen molar-refractivity contribution in [1.82, 2.24) is 9.78 Å². The topological polar surface area (TPSA) is 34.9 Å². The summed E-state index contributed by atoms with van der Waals surface area (Å²) in [4.78, 5) is 12.3. The third-order valence-electron chi connectivity index (χ3n) is 3.87. The summed E-state index contributed by atoms with van der Waals surface area (Å²) in [5.74, 6) is -0.198. The number of rotatable bonds is 5. The van der Waals surface area contributed by atoms with Gasteiger partial charge in [-0.25, -0.2) is 0 Å². The molecule has 0 radical (unpaired) electrons. The SMILES string of the molecule is O=C(Cc1ccn(Cc2ccccc2C(F)(F)F)n1)c1ccccc1Cl. The van der Waals surface area contributed by atoms with Crippen LogP contribution in [0.25, 0.3) is 0 Å². The maximum absolute atomic E-state index is 13.1. The lowest BCUT2D eigenvalue weighted by Gasteiger charge is -2.12. The van der Waals surface area contributed by atoms with Gasteiger partial charge < -0.3 is 0 Å². The van der Waals surface area contributed by atoms with Crippen molar-refractivity contribution >= 4 is 17.4 Å². The number of halogens is 4. The first-order chi connectivity index (χ1) is 12.3. The summed E-state index contributed by atoms with van der Waals surface area (Å²) in [5.41, 5.74) is 0.293. The predicted molar refractivity (Wildman–Crippen MR) is 92.3 cm³/mol. The van der Waals surface area contributed by atoms with E-state index >= 15 is 0 Å². The second-order valence-corrected chi connectivity index (χ2v) is 6.15. The Morgan fingerprint density at radius 3 is 2.46 bits per heavy atom. The van der Waals surface area contributed by atoms with Crippen LogP contribution in [0.1, 0.15) is 27.2 Å². The Balaban J connectivity index is 1.75. The van der Waals surface area contributed by atoms with E-state index in [0.717, 1.165) is 6.07 Å². The van der Waals surface area contributed by atoms with E-state index in [-0.39, 0.29) is 24.3 Å². The van der Waals surface area contributed by atoms with Gasteiger partial charge in [-0.05, 0) is 29.8 Å². The predicted octanol–water partition coefficient (Wildman–Crippen LogP) is 5.03. The molecule has 2 aromatic carbocycles. The highest BCUT2D eigenvalue weighted by Gasteiger charge is 2.32. The molecule has 3 aromatic rings. The van der Waals surface area contributed by atoms with Crippen LogP contribution in [0, 0.1) is 0 Å². The highest BCUT2D eigenvalue weighted by atomic mass is 35.5. The van der Waals surface area contributed by atoms with E-state index < -0.39 is 11.7 Å². The average molecular weight is 379 g/mol. The standard InChI is InChI=1S/C19H14ClF3N2O/c20-17-8-4-2-6-15(17)18(26)11-14-9-10-25(24-14)12-13-5-1-3-7-16(13)19(21,22)23/h1-10H,11-12H2. The number of nitrogens with zero attached hydrogens (tertiary/aromatic N) is 2. The van der Waals surface area contributed by atoms with Crippen molar-refractivity contribution in [3.05, 3.63) is 88.2 Å². The van der Waals surface area contributed by atoms with Gasteiger partial charge in [-0.3, -0.25) is 9.48 Å². The molecule has 0 aliphatic carbocycles.